The summed E-state index contributed by atoms with van der Waals surface area (Å²) >= 11 is 1.96. The average Bonchev–Trinajstić information content (AvgIpc) is 0.682. The van der Waals surface area contributed by atoms with Crippen LogP contribution < -0.4 is 47.5 Å². The molecule has 0 amide bonds. The first-order valence-electron chi connectivity index (χ1n) is 37.0. The Morgan fingerprint density at radius 3 is 1.27 bits per heavy atom. The van der Waals surface area contributed by atoms with Crippen LogP contribution in [0.2, 0.25) is 0 Å². The third-order valence-electron chi connectivity index (χ3n) is 22.6. The van der Waals surface area contributed by atoms with Gasteiger partial charge in [-0.1, -0.05) is 315 Å². The minimum absolute atomic E-state index is 0.0780. The van der Waals surface area contributed by atoms with Gasteiger partial charge in [0.25, 0.3) is 6.71 Å². The van der Waals surface area contributed by atoms with Crippen molar-refractivity contribution in [1.29, 1.82) is 0 Å². The van der Waals surface area contributed by atoms with Crippen molar-refractivity contribution in [3.8, 4) is 55.6 Å². The topological polar surface area (TPSA) is 9.72 Å². The Kier molecular flexibility index (Phi) is 16.4. The average molecular weight is 1340 g/mol. The summed E-state index contributed by atoms with van der Waals surface area (Å²) in [5.41, 5.74) is 34.1. The second-order valence-electron chi connectivity index (χ2n) is 33.7. The summed E-state index contributed by atoms with van der Waals surface area (Å²) in [6, 6.07) is 98.6. The van der Waals surface area contributed by atoms with Gasteiger partial charge in [0, 0.05) is 60.7 Å². The molecule has 16 rings (SSSR count). The number of anilines is 8. The number of fused-ring (bicyclic) bond motifs is 8. The van der Waals surface area contributed by atoms with E-state index in [2.05, 4.69) is 379 Å². The van der Waals surface area contributed by atoms with Crippen LogP contribution >= 0.6 is 11.8 Å². The lowest BCUT2D eigenvalue weighted by molar-refractivity contribution is 0.381. The van der Waals surface area contributed by atoms with Crippen molar-refractivity contribution in [1.82, 2.24) is 0 Å². The van der Waals surface area contributed by atoms with Crippen molar-refractivity contribution < 1.29 is 0 Å². The van der Waals surface area contributed by atoms with Gasteiger partial charge in [0.2, 0.25) is 6.71 Å². The van der Waals surface area contributed by atoms with E-state index in [0.29, 0.717) is 5.92 Å². The van der Waals surface area contributed by atoms with Gasteiger partial charge < -0.3 is 14.7 Å². The number of rotatable bonds is 11. The zero-order chi connectivity index (χ0) is 71.1. The van der Waals surface area contributed by atoms with Gasteiger partial charge >= 0.3 is 0 Å². The van der Waals surface area contributed by atoms with Crippen LogP contribution in [0.25, 0.3) is 55.6 Å². The molecular weight excluding hydrogens is 1250 g/mol. The van der Waals surface area contributed by atoms with Crippen molar-refractivity contribution in [2.24, 2.45) is 11.8 Å². The van der Waals surface area contributed by atoms with Crippen LogP contribution in [0.15, 0.2) is 277 Å². The van der Waals surface area contributed by atoms with E-state index in [-0.39, 0.29) is 47.0 Å². The molecule has 0 N–H and O–H groups in total. The summed E-state index contributed by atoms with van der Waals surface area (Å²) in [6.07, 6.45) is 2.28. The first-order chi connectivity index (χ1) is 48.8. The maximum Gasteiger partial charge on any atom is 0.252 e. The Balaban J connectivity index is 1.09. The molecule has 2 atom stereocenters. The van der Waals surface area contributed by atoms with E-state index in [9.17, 15) is 0 Å². The first kappa shape index (κ1) is 66.8. The number of nitrogens with zero attached hydrogens (tertiary/aromatic N) is 3. The van der Waals surface area contributed by atoms with E-state index < -0.39 is 0 Å². The molecule has 4 aliphatic heterocycles. The SMILES string of the molecule is C=CC([C@@H](C)C(C)C)N1c2cc3c(cc2B2c4ccc(-c5ccccc5)cc4Sc4cc(-c5cc(C(C)(C)C)cc(C(C)(C)C)c5)cc1c42)B1c2ccc(-c4ccccc4)cc2N(c2ccccc2)c2cc(C(C)(C)C)cc(c21)N3c1c(-c2ccccc2)cc(C(C)(C)C)cc1-c1ccccc1. The largest absolute Gasteiger partial charge is 0.335 e. The lowest BCUT2D eigenvalue weighted by Gasteiger charge is -2.49. The Bertz CT molecular complexity index is 5170. The maximum atomic E-state index is 4.89. The highest BCUT2D eigenvalue weighted by atomic mass is 32.2. The molecule has 0 saturated carbocycles. The molecule has 3 nitrogen and oxygen atoms in total. The number of benzene rings is 12. The van der Waals surface area contributed by atoms with Crippen LogP contribution in [0, 0.1) is 11.8 Å². The van der Waals surface area contributed by atoms with Gasteiger partial charge in [0.15, 0.2) is 0 Å². The molecule has 0 saturated heterocycles. The van der Waals surface area contributed by atoms with Crippen molar-refractivity contribution >= 4 is 103 Å². The summed E-state index contributed by atoms with van der Waals surface area (Å²) < 4.78 is 0. The summed E-state index contributed by atoms with van der Waals surface area (Å²) in [6.45, 7) is 40.3. The molecule has 0 fully saturated rings. The molecule has 0 spiro atoms. The predicted octanol–water partition coefficient (Wildman–Crippen LogP) is 22.6. The fraction of sp³-hybridized carbons (Fsp3) is 0.229. The second kappa shape index (κ2) is 25.1. The monoisotopic (exact) mass is 1340 g/mol. The smallest absolute Gasteiger partial charge is 0.252 e. The molecule has 0 aromatic heterocycles. The van der Waals surface area contributed by atoms with Crippen LogP contribution in [-0.4, -0.2) is 19.5 Å². The van der Waals surface area contributed by atoms with Gasteiger partial charge in [-0.3, -0.25) is 0 Å². The van der Waals surface area contributed by atoms with Crippen molar-refractivity contribution in [3.63, 3.8) is 0 Å². The van der Waals surface area contributed by atoms with E-state index in [0.717, 1.165) is 11.4 Å². The molecule has 504 valence electrons. The number of hydrogen-bond donors (Lipinski definition) is 0. The third-order valence-corrected chi connectivity index (χ3v) is 23.7. The number of para-hydroxylation sites is 1. The maximum absolute atomic E-state index is 4.89. The van der Waals surface area contributed by atoms with Crippen LogP contribution in [0.3, 0.4) is 0 Å². The zero-order valence-corrected chi connectivity index (χ0v) is 63.0. The van der Waals surface area contributed by atoms with Gasteiger partial charge in [-0.15, -0.1) is 6.58 Å². The highest BCUT2D eigenvalue weighted by molar-refractivity contribution is 8.00. The Labute approximate surface area is 612 Å². The summed E-state index contributed by atoms with van der Waals surface area (Å²) in [5.74, 6) is 0.542. The third kappa shape index (κ3) is 11.5. The highest BCUT2D eigenvalue weighted by Gasteiger charge is 2.50. The van der Waals surface area contributed by atoms with Gasteiger partial charge in [0.1, 0.15) is 0 Å². The van der Waals surface area contributed by atoms with Crippen LogP contribution in [0.4, 0.5) is 45.5 Å². The predicted molar refractivity (Wildman–Crippen MR) is 444 cm³/mol. The fourth-order valence-electron chi connectivity index (χ4n) is 16.5. The molecule has 12 aromatic carbocycles. The van der Waals surface area contributed by atoms with Gasteiger partial charge in [-0.05, 0) is 194 Å². The van der Waals surface area contributed by atoms with E-state index in [1.54, 1.807) is 0 Å². The minimum Gasteiger partial charge on any atom is -0.335 e. The van der Waals surface area contributed by atoms with E-state index in [1.165, 1.54) is 155 Å². The Hall–Kier alpha value is -9.74. The van der Waals surface area contributed by atoms with Crippen LogP contribution in [0.1, 0.15) is 126 Å². The normalized spacial score (nSPS) is 14.3. The van der Waals surface area contributed by atoms with E-state index >= 15 is 0 Å². The summed E-state index contributed by atoms with van der Waals surface area (Å²) in [4.78, 5) is 10.8. The van der Waals surface area contributed by atoms with Crippen molar-refractivity contribution in [2.45, 2.75) is 141 Å². The summed E-state index contributed by atoms with van der Waals surface area (Å²) in [7, 11) is 0. The van der Waals surface area contributed by atoms with Gasteiger partial charge in [-0.2, -0.15) is 0 Å². The van der Waals surface area contributed by atoms with Crippen molar-refractivity contribution in [2.75, 3.05) is 14.7 Å². The second-order valence-corrected chi connectivity index (χ2v) is 34.8. The molecule has 4 aliphatic rings. The van der Waals surface area contributed by atoms with Crippen molar-refractivity contribution in [3.05, 3.63) is 290 Å². The summed E-state index contributed by atoms with van der Waals surface area (Å²) in [5, 5.41) is 0. The van der Waals surface area contributed by atoms with Crippen LogP contribution in [-0.2, 0) is 21.7 Å². The molecule has 102 heavy (non-hydrogen) atoms. The molecule has 0 aliphatic carbocycles. The number of hydrogen-bond acceptors (Lipinski definition) is 4. The van der Waals surface area contributed by atoms with E-state index in [1.807, 2.05) is 11.8 Å². The lowest BCUT2D eigenvalue weighted by Crippen LogP contribution is -2.65. The molecule has 4 heterocycles. The first-order valence-corrected chi connectivity index (χ1v) is 37.8. The van der Waals surface area contributed by atoms with Gasteiger partial charge in [0.05, 0.1) is 11.7 Å². The zero-order valence-electron chi connectivity index (χ0n) is 62.2. The Morgan fingerprint density at radius 2 is 0.755 bits per heavy atom. The van der Waals surface area contributed by atoms with E-state index in [4.69, 9.17) is 6.58 Å². The Morgan fingerprint density at radius 1 is 0.333 bits per heavy atom. The molecule has 0 bridgehead atoms. The molecule has 0 radical (unpaired) electrons. The fourth-order valence-corrected chi connectivity index (χ4v) is 17.7. The molecule has 12 aromatic rings. The lowest BCUT2D eigenvalue weighted by atomic mass is 9.30. The highest BCUT2D eigenvalue weighted by Crippen LogP contribution is 2.55. The standard InChI is InChI=1S/C96H93B2N3S/c1-17-81(61(4)60(2)3)100-83-59-84-80(58-79(83)98-78-46-44-67(63-35-25-19-26-36-63)51-88(78)102-89-52-69(50-85(100)91(89)98)68-47-70(93(5,6)7)53-71(48-68)94(8,9)10)97-77-45-43-66(62-33-23-18-24-34-62)49-82(77)99(74-41-31-22-32-42-74)86-56-73(96(14,15)16)57-87(90(86)97)101(84)92-75(64-37-27-20-28-38-64)54-72(95(11,12)13)55-76(92)65-39-29-21-30-40-65/h17-61,81H,1H2,2-16H3/t61-,81?/m0/s1. The van der Waals surface area contributed by atoms with Crippen LogP contribution in [0.5, 0.6) is 0 Å². The quantitative estimate of drug-likeness (QED) is 0.0943. The minimum atomic E-state index is -0.259. The molecular formula is C96H93B2N3S. The molecule has 6 heteroatoms. The molecule has 1 unspecified atom stereocenters. The van der Waals surface area contributed by atoms with Gasteiger partial charge in [-0.25, -0.2) is 0 Å².